The van der Waals surface area contributed by atoms with E-state index in [9.17, 15) is 4.79 Å². The van der Waals surface area contributed by atoms with E-state index in [1.54, 1.807) is 0 Å². The van der Waals surface area contributed by atoms with Crippen molar-refractivity contribution in [2.45, 2.75) is 20.5 Å². The van der Waals surface area contributed by atoms with Crippen molar-refractivity contribution in [1.29, 1.82) is 0 Å². The van der Waals surface area contributed by atoms with Crippen LogP contribution < -0.4 is 0 Å². The van der Waals surface area contributed by atoms with Crippen LogP contribution in [0.2, 0.25) is 0 Å². The third kappa shape index (κ3) is 2.74. The number of aryl methyl sites for hydroxylation is 2. The molecule has 0 bridgehead atoms. The van der Waals surface area contributed by atoms with E-state index in [0.717, 1.165) is 33.3 Å². The number of aromatic amines is 1. The Morgan fingerprint density at radius 2 is 1.68 bits per heavy atom. The molecular weight excluding hydrogens is 314 g/mol. The van der Waals surface area contributed by atoms with E-state index in [4.69, 9.17) is 4.74 Å². The van der Waals surface area contributed by atoms with Gasteiger partial charge in [0, 0.05) is 16.6 Å². The zero-order valence-electron chi connectivity index (χ0n) is 14.0. The number of aromatic nitrogens is 3. The lowest BCUT2D eigenvalue weighted by molar-refractivity contribution is 0.0468. The number of nitrogens with one attached hydrogen (secondary N) is 1. The average molecular weight is 331 g/mol. The maximum atomic E-state index is 12.6. The van der Waals surface area contributed by atoms with Gasteiger partial charge in [-0.15, -0.1) is 0 Å². The van der Waals surface area contributed by atoms with Crippen molar-refractivity contribution in [1.82, 2.24) is 15.0 Å². The van der Waals surface area contributed by atoms with Gasteiger partial charge in [0.2, 0.25) is 0 Å². The molecule has 0 radical (unpaired) electrons. The zero-order valence-corrected chi connectivity index (χ0v) is 14.0. The van der Waals surface area contributed by atoms with Gasteiger partial charge >= 0.3 is 5.97 Å². The summed E-state index contributed by atoms with van der Waals surface area (Å²) in [6.07, 6.45) is 0. The highest BCUT2D eigenvalue weighted by Crippen LogP contribution is 2.23. The number of benzene rings is 2. The van der Waals surface area contributed by atoms with Crippen molar-refractivity contribution in [3.05, 3.63) is 71.2 Å². The third-order valence-corrected chi connectivity index (χ3v) is 4.28. The fourth-order valence-corrected chi connectivity index (χ4v) is 3.01. The van der Waals surface area contributed by atoms with Gasteiger partial charge in [-0.05, 0) is 32.0 Å². The van der Waals surface area contributed by atoms with Crippen LogP contribution in [0.5, 0.6) is 0 Å². The molecule has 4 rings (SSSR count). The van der Waals surface area contributed by atoms with E-state index in [-0.39, 0.29) is 12.6 Å². The molecule has 0 aliphatic heterocycles. The smallest absolute Gasteiger partial charge is 0.340 e. The summed E-state index contributed by atoms with van der Waals surface area (Å²) in [7, 11) is 0. The number of carbonyl (C=O) groups excluding carboxylic acids is 1. The first-order valence-corrected chi connectivity index (χ1v) is 8.10. The predicted octanol–water partition coefficient (Wildman–Crippen LogP) is 4.08. The lowest BCUT2D eigenvalue weighted by atomic mass is 10.1. The summed E-state index contributed by atoms with van der Waals surface area (Å²) >= 11 is 0. The minimum absolute atomic E-state index is 0.0987. The fraction of sp³-hybridized carbons (Fsp3) is 0.150. The quantitative estimate of drug-likeness (QED) is 0.574. The van der Waals surface area contributed by atoms with Gasteiger partial charge in [-0.1, -0.05) is 30.3 Å². The van der Waals surface area contributed by atoms with Crippen LogP contribution in [0, 0.1) is 13.8 Å². The van der Waals surface area contributed by atoms with E-state index in [1.165, 1.54) is 0 Å². The van der Waals surface area contributed by atoms with Crippen LogP contribution in [0.3, 0.4) is 0 Å². The molecule has 4 aromatic rings. The van der Waals surface area contributed by atoms with Crippen molar-refractivity contribution in [2.75, 3.05) is 0 Å². The van der Waals surface area contributed by atoms with Crippen molar-refractivity contribution >= 4 is 27.9 Å². The predicted molar refractivity (Wildman–Crippen MR) is 96.4 cm³/mol. The maximum Gasteiger partial charge on any atom is 0.340 e. The Labute approximate surface area is 144 Å². The highest BCUT2D eigenvalue weighted by atomic mass is 16.5. The minimum atomic E-state index is -0.357. The van der Waals surface area contributed by atoms with Crippen LogP contribution in [0.4, 0.5) is 0 Å². The molecule has 25 heavy (non-hydrogen) atoms. The Kier molecular flexibility index (Phi) is 3.69. The molecular formula is C20H17N3O2. The molecule has 5 heteroatoms. The second-order valence-corrected chi connectivity index (χ2v) is 5.99. The normalized spacial score (nSPS) is 11.1. The van der Waals surface area contributed by atoms with Crippen molar-refractivity contribution in [3.63, 3.8) is 0 Å². The second kappa shape index (κ2) is 6.02. The molecule has 0 aliphatic rings. The van der Waals surface area contributed by atoms with Crippen molar-refractivity contribution < 1.29 is 9.53 Å². The molecule has 124 valence electrons. The molecule has 0 unspecified atom stereocenters. The molecule has 2 aromatic heterocycles. The van der Waals surface area contributed by atoms with E-state index >= 15 is 0 Å². The van der Waals surface area contributed by atoms with Gasteiger partial charge in [-0.3, -0.25) is 0 Å². The first kappa shape index (κ1) is 15.3. The molecule has 0 saturated carbocycles. The highest BCUT2D eigenvalue weighted by molar-refractivity contribution is 6.05. The summed E-state index contributed by atoms with van der Waals surface area (Å²) in [5.41, 5.74) is 5.36. The van der Waals surface area contributed by atoms with E-state index < -0.39 is 0 Å². The number of nitrogens with zero attached hydrogens (tertiary/aromatic N) is 2. The van der Waals surface area contributed by atoms with Crippen LogP contribution in [-0.4, -0.2) is 20.9 Å². The van der Waals surface area contributed by atoms with Crippen molar-refractivity contribution in [2.24, 2.45) is 0 Å². The molecule has 2 heterocycles. The van der Waals surface area contributed by atoms with Crippen LogP contribution in [0.1, 0.15) is 27.4 Å². The minimum Gasteiger partial charge on any atom is -0.455 e. The number of H-pyrrole nitrogens is 1. The average Bonchev–Trinajstić information content (AvgIpc) is 2.95. The largest absolute Gasteiger partial charge is 0.455 e. The van der Waals surface area contributed by atoms with Crippen LogP contribution in [0.25, 0.3) is 21.9 Å². The molecule has 0 saturated heterocycles. The van der Waals surface area contributed by atoms with Gasteiger partial charge in [-0.25, -0.2) is 14.8 Å². The second-order valence-electron chi connectivity index (χ2n) is 5.99. The number of rotatable bonds is 3. The highest BCUT2D eigenvalue weighted by Gasteiger charge is 2.18. The molecule has 5 nitrogen and oxygen atoms in total. The van der Waals surface area contributed by atoms with Gasteiger partial charge in [-0.2, -0.15) is 0 Å². The lowest BCUT2D eigenvalue weighted by Gasteiger charge is -2.08. The molecule has 0 aliphatic carbocycles. The fourth-order valence-electron chi connectivity index (χ4n) is 3.01. The maximum absolute atomic E-state index is 12.6. The summed E-state index contributed by atoms with van der Waals surface area (Å²) in [6, 6.07) is 15.4. The molecule has 0 atom stereocenters. The van der Waals surface area contributed by atoms with E-state index in [1.807, 2.05) is 62.4 Å². The summed E-state index contributed by atoms with van der Waals surface area (Å²) in [6.45, 7) is 3.85. The Hall–Kier alpha value is -3.21. The summed E-state index contributed by atoms with van der Waals surface area (Å²) in [5, 5.41) is 0.867. The number of hydrogen-bond donors (Lipinski definition) is 1. The Bertz CT molecular complexity index is 1100. The Morgan fingerprint density at radius 3 is 2.48 bits per heavy atom. The lowest BCUT2D eigenvalue weighted by Crippen LogP contribution is -2.09. The van der Waals surface area contributed by atoms with Gasteiger partial charge in [0.05, 0.1) is 28.0 Å². The third-order valence-electron chi connectivity index (χ3n) is 4.28. The summed E-state index contributed by atoms with van der Waals surface area (Å²) in [5.74, 6) is -0.357. The summed E-state index contributed by atoms with van der Waals surface area (Å²) < 4.78 is 5.53. The molecule has 1 N–H and O–H groups in total. The topological polar surface area (TPSA) is 67.9 Å². The molecule has 2 aromatic carbocycles. The van der Waals surface area contributed by atoms with E-state index in [0.29, 0.717) is 11.3 Å². The van der Waals surface area contributed by atoms with Gasteiger partial charge < -0.3 is 9.72 Å². The molecule has 0 fully saturated rings. The van der Waals surface area contributed by atoms with Gasteiger partial charge in [0.15, 0.2) is 0 Å². The number of hydrogen-bond acceptors (Lipinski definition) is 4. The Balaban J connectivity index is 1.61. The number of fused-ring (bicyclic) bond motifs is 2. The Morgan fingerprint density at radius 1 is 1.00 bits per heavy atom. The monoisotopic (exact) mass is 331 g/mol. The number of esters is 1. The van der Waals surface area contributed by atoms with Crippen LogP contribution >= 0.6 is 0 Å². The van der Waals surface area contributed by atoms with Crippen LogP contribution in [0.15, 0.2) is 48.5 Å². The SMILES string of the molecule is Cc1nc2ccccc2nc1COC(=O)c1c(C)[nH]c2ccccc12. The molecule has 0 amide bonds. The van der Waals surface area contributed by atoms with Crippen molar-refractivity contribution in [3.8, 4) is 0 Å². The number of para-hydroxylation sites is 3. The zero-order chi connectivity index (χ0) is 17.4. The standard InChI is InChI=1S/C20H17N3O2/c1-12-18(23-17-10-6-5-9-16(17)21-12)11-25-20(24)19-13(2)22-15-8-4-3-7-14(15)19/h3-10,22H,11H2,1-2H3. The van der Waals surface area contributed by atoms with Crippen LogP contribution in [-0.2, 0) is 11.3 Å². The van der Waals surface area contributed by atoms with Gasteiger partial charge in [0.1, 0.15) is 6.61 Å². The number of ether oxygens (including phenoxy) is 1. The molecule has 0 spiro atoms. The first-order valence-electron chi connectivity index (χ1n) is 8.10. The first-order chi connectivity index (χ1) is 12.1. The van der Waals surface area contributed by atoms with E-state index in [2.05, 4.69) is 15.0 Å². The van der Waals surface area contributed by atoms with Gasteiger partial charge in [0.25, 0.3) is 0 Å². The summed E-state index contributed by atoms with van der Waals surface area (Å²) in [4.78, 5) is 24.9. The number of carbonyl (C=O) groups is 1.